The smallest absolute Gasteiger partial charge is 0.242 e. The van der Waals surface area contributed by atoms with Crippen LogP contribution >= 0.6 is 0 Å². The van der Waals surface area contributed by atoms with E-state index in [1.54, 1.807) is 0 Å². The number of nitrogens with zero attached hydrogens (tertiary/aromatic N) is 1. The number of likely N-dealkylation sites (tertiary alicyclic amines) is 1. The van der Waals surface area contributed by atoms with Crippen molar-refractivity contribution in [3.05, 3.63) is 35.9 Å². The molecule has 2 amide bonds. The molecule has 0 radical (unpaired) electrons. The second-order valence-corrected chi connectivity index (χ2v) is 8.30. The molecule has 1 aromatic rings. The maximum Gasteiger partial charge on any atom is 0.242 e. The molecule has 3 fully saturated rings. The van der Waals surface area contributed by atoms with Gasteiger partial charge < -0.3 is 10.6 Å². The number of rotatable bonds is 4. The van der Waals surface area contributed by atoms with Crippen LogP contribution < -0.4 is 10.6 Å². The summed E-state index contributed by atoms with van der Waals surface area (Å²) in [6, 6.07) is 10.3. The Balaban J connectivity index is 1.34. The molecule has 4 rings (SSSR count). The standard InChI is InChI=1S/C21H29N3O2/c25-19(22-17-9-5-2-6-10-17)18-13-21(20(26)23-18)11-12-24(15-21)14-16-7-3-1-4-8-16/h1,3-4,7-8,17-18H,2,5-6,9-15H2,(H,22,25)(H,23,26)/t18-,21+/m0/s1. The number of hydrogen-bond acceptors (Lipinski definition) is 3. The van der Waals surface area contributed by atoms with Gasteiger partial charge in [-0.05, 0) is 37.8 Å². The van der Waals surface area contributed by atoms with Gasteiger partial charge in [0.25, 0.3) is 0 Å². The van der Waals surface area contributed by atoms with Crippen molar-refractivity contribution in [2.24, 2.45) is 5.41 Å². The van der Waals surface area contributed by atoms with Gasteiger partial charge in [-0.15, -0.1) is 0 Å². The first-order valence-electron chi connectivity index (χ1n) is 10.0. The molecular formula is C21H29N3O2. The third kappa shape index (κ3) is 3.63. The van der Waals surface area contributed by atoms with Gasteiger partial charge in [0.05, 0.1) is 5.41 Å². The first kappa shape index (κ1) is 17.5. The van der Waals surface area contributed by atoms with Crippen molar-refractivity contribution in [2.45, 2.75) is 63.6 Å². The van der Waals surface area contributed by atoms with Crippen LogP contribution in [0, 0.1) is 5.41 Å². The van der Waals surface area contributed by atoms with E-state index >= 15 is 0 Å². The number of hydrogen-bond donors (Lipinski definition) is 2. The van der Waals surface area contributed by atoms with Crippen LogP contribution in [0.4, 0.5) is 0 Å². The van der Waals surface area contributed by atoms with Crippen molar-refractivity contribution in [1.29, 1.82) is 0 Å². The highest BCUT2D eigenvalue weighted by Crippen LogP contribution is 2.40. The molecule has 2 N–H and O–H groups in total. The second kappa shape index (κ2) is 7.39. The van der Waals surface area contributed by atoms with Crippen LogP contribution in [0.3, 0.4) is 0 Å². The van der Waals surface area contributed by atoms with Crippen LogP contribution in [0.1, 0.15) is 50.5 Å². The Bertz CT molecular complexity index is 656. The third-order valence-electron chi connectivity index (χ3n) is 6.33. The van der Waals surface area contributed by atoms with E-state index in [2.05, 4.69) is 39.8 Å². The van der Waals surface area contributed by atoms with Gasteiger partial charge in [0.1, 0.15) is 6.04 Å². The van der Waals surface area contributed by atoms with Gasteiger partial charge in [-0.1, -0.05) is 49.6 Å². The molecule has 0 unspecified atom stereocenters. The molecule has 2 heterocycles. The number of carbonyl (C=O) groups excluding carboxylic acids is 2. The lowest BCUT2D eigenvalue weighted by Gasteiger charge is -2.24. The molecule has 2 atom stereocenters. The van der Waals surface area contributed by atoms with Crippen LogP contribution in [0.15, 0.2) is 30.3 Å². The van der Waals surface area contributed by atoms with Crippen molar-refractivity contribution in [3.63, 3.8) is 0 Å². The third-order valence-corrected chi connectivity index (χ3v) is 6.33. The van der Waals surface area contributed by atoms with Crippen molar-refractivity contribution in [2.75, 3.05) is 13.1 Å². The summed E-state index contributed by atoms with van der Waals surface area (Å²) in [6.45, 7) is 2.54. The van der Waals surface area contributed by atoms with E-state index in [0.717, 1.165) is 38.9 Å². The van der Waals surface area contributed by atoms with E-state index in [0.29, 0.717) is 12.5 Å². The molecule has 1 aliphatic carbocycles. The van der Waals surface area contributed by atoms with E-state index in [1.807, 2.05) is 6.07 Å². The van der Waals surface area contributed by atoms with Gasteiger partial charge in [0, 0.05) is 19.1 Å². The van der Waals surface area contributed by atoms with Crippen LogP contribution in [0.25, 0.3) is 0 Å². The molecule has 140 valence electrons. The molecular weight excluding hydrogens is 326 g/mol. The number of nitrogens with one attached hydrogen (secondary N) is 2. The molecule has 5 nitrogen and oxygen atoms in total. The molecule has 0 aromatic heterocycles. The molecule has 1 aromatic carbocycles. The normalized spacial score (nSPS) is 29.8. The Morgan fingerprint density at radius 1 is 1.19 bits per heavy atom. The summed E-state index contributed by atoms with van der Waals surface area (Å²) in [5.74, 6) is 0.0838. The summed E-state index contributed by atoms with van der Waals surface area (Å²) in [5, 5.41) is 6.15. The van der Waals surface area contributed by atoms with Crippen LogP contribution in [0.5, 0.6) is 0 Å². The minimum atomic E-state index is -0.386. The lowest BCUT2D eigenvalue weighted by Crippen LogP contribution is -2.46. The average molecular weight is 355 g/mol. The maximum atomic E-state index is 12.7. The first-order chi connectivity index (χ1) is 12.6. The zero-order chi connectivity index (χ0) is 18.0. The largest absolute Gasteiger partial charge is 0.352 e. The molecule has 1 spiro atoms. The van der Waals surface area contributed by atoms with Crippen LogP contribution in [-0.4, -0.2) is 41.9 Å². The Morgan fingerprint density at radius 2 is 1.96 bits per heavy atom. The van der Waals surface area contributed by atoms with E-state index in [-0.39, 0.29) is 23.3 Å². The van der Waals surface area contributed by atoms with E-state index < -0.39 is 0 Å². The van der Waals surface area contributed by atoms with Gasteiger partial charge in [0.2, 0.25) is 11.8 Å². The predicted molar refractivity (Wildman–Crippen MR) is 100 cm³/mol. The Morgan fingerprint density at radius 3 is 2.73 bits per heavy atom. The van der Waals surface area contributed by atoms with Crippen molar-refractivity contribution in [1.82, 2.24) is 15.5 Å². The van der Waals surface area contributed by atoms with E-state index in [9.17, 15) is 9.59 Å². The summed E-state index contributed by atoms with van der Waals surface area (Å²) in [4.78, 5) is 27.7. The Kier molecular flexibility index (Phi) is 4.98. The van der Waals surface area contributed by atoms with Crippen LogP contribution in [-0.2, 0) is 16.1 Å². The molecule has 3 aliphatic rings. The highest BCUT2D eigenvalue weighted by Gasteiger charge is 2.52. The Hall–Kier alpha value is -1.88. The van der Waals surface area contributed by atoms with Gasteiger partial charge >= 0.3 is 0 Å². The molecule has 0 bridgehead atoms. The zero-order valence-electron chi connectivity index (χ0n) is 15.4. The minimum absolute atomic E-state index is 0.0173. The lowest BCUT2D eigenvalue weighted by atomic mass is 9.83. The van der Waals surface area contributed by atoms with Crippen molar-refractivity contribution >= 4 is 11.8 Å². The van der Waals surface area contributed by atoms with Crippen molar-refractivity contribution < 1.29 is 9.59 Å². The fraction of sp³-hybridized carbons (Fsp3) is 0.619. The summed E-state index contributed by atoms with van der Waals surface area (Å²) in [6.07, 6.45) is 7.28. The van der Waals surface area contributed by atoms with Crippen molar-refractivity contribution in [3.8, 4) is 0 Å². The summed E-state index contributed by atoms with van der Waals surface area (Å²) in [7, 11) is 0. The zero-order valence-corrected chi connectivity index (χ0v) is 15.4. The quantitative estimate of drug-likeness (QED) is 0.871. The van der Waals surface area contributed by atoms with Crippen LogP contribution in [0.2, 0.25) is 0 Å². The molecule has 2 saturated heterocycles. The number of benzene rings is 1. The Labute approximate surface area is 155 Å². The molecule has 26 heavy (non-hydrogen) atoms. The fourth-order valence-electron chi connectivity index (χ4n) is 4.84. The van der Waals surface area contributed by atoms with E-state index in [4.69, 9.17) is 0 Å². The topological polar surface area (TPSA) is 61.4 Å². The number of carbonyl (C=O) groups is 2. The summed E-state index contributed by atoms with van der Waals surface area (Å²) < 4.78 is 0. The molecule has 1 saturated carbocycles. The molecule has 5 heteroatoms. The second-order valence-electron chi connectivity index (χ2n) is 8.30. The molecule has 2 aliphatic heterocycles. The van der Waals surface area contributed by atoms with Gasteiger partial charge in [-0.25, -0.2) is 0 Å². The van der Waals surface area contributed by atoms with Gasteiger partial charge in [-0.2, -0.15) is 0 Å². The first-order valence-corrected chi connectivity index (χ1v) is 10.0. The fourth-order valence-corrected chi connectivity index (χ4v) is 4.84. The minimum Gasteiger partial charge on any atom is -0.352 e. The monoisotopic (exact) mass is 355 g/mol. The highest BCUT2D eigenvalue weighted by molar-refractivity contribution is 5.94. The summed E-state index contributed by atoms with van der Waals surface area (Å²) >= 11 is 0. The van der Waals surface area contributed by atoms with Gasteiger partial charge in [0.15, 0.2) is 0 Å². The summed E-state index contributed by atoms with van der Waals surface area (Å²) in [5.41, 5.74) is 0.887. The average Bonchev–Trinajstić information content (AvgIpc) is 3.21. The van der Waals surface area contributed by atoms with Gasteiger partial charge in [-0.3, -0.25) is 14.5 Å². The lowest BCUT2D eigenvalue weighted by molar-refractivity contribution is -0.128. The van der Waals surface area contributed by atoms with E-state index in [1.165, 1.54) is 24.8 Å². The SMILES string of the molecule is O=C(NC1CCCCC1)[C@@H]1C[C@@]2(CCN(Cc3ccccc3)C2)C(=O)N1. The predicted octanol–water partition coefficient (Wildman–Crippen LogP) is 2.22. The maximum absolute atomic E-state index is 12.7. The highest BCUT2D eigenvalue weighted by atomic mass is 16.2. The number of amides is 2.